The van der Waals surface area contributed by atoms with Gasteiger partial charge in [-0.05, 0) is 62.9 Å². The largest absolute Gasteiger partial charge is 0.314 e. The first-order chi connectivity index (χ1) is 8.59. The summed E-state index contributed by atoms with van der Waals surface area (Å²) in [6.45, 7) is 10.2. The highest BCUT2D eigenvalue weighted by Gasteiger charge is 2.18. The van der Waals surface area contributed by atoms with E-state index in [9.17, 15) is 0 Å². The van der Waals surface area contributed by atoms with Crippen molar-refractivity contribution in [3.8, 4) is 0 Å². The zero-order valence-corrected chi connectivity index (χ0v) is 12.2. The van der Waals surface area contributed by atoms with Crippen molar-refractivity contribution in [1.29, 1.82) is 0 Å². The van der Waals surface area contributed by atoms with E-state index in [1.165, 1.54) is 41.6 Å². The lowest BCUT2D eigenvalue weighted by atomic mass is 9.94. The normalized spacial score (nSPS) is 21.2. The summed E-state index contributed by atoms with van der Waals surface area (Å²) >= 11 is 0. The first-order valence-electron chi connectivity index (χ1n) is 7.06. The van der Waals surface area contributed by atoms with Crippen molar-refractivity contribution >= 4 is 0 Å². The third-order valence-corrected chi connectivity index (χ3v) is 4.56. The molecule has 0 saturated carbocycles. The van der Waals surface area contributed by atoms with E-state index in [1.54, 1.807) is 0 Å². The Morgan fingerprint density at radius 3 is 2.72 bits per heavy atom. The summed E-state index contributed by atoms with van der Waals surface area (Å²) in [6, 6.07) is 5.27. The van der Waals surface area contributed by atoms with E-state index in [2.05, 4.69) is 50.2 Å². The molecule has 2 rings (SSSR count). The molecule has 1 atom stereocenters. The van der Waals surface area contributed by atoms with Crippen LogP contribution >= 0.6 is 0 Å². The number of hydrogen-bond donors (Lipinski definition) is 1. The predicted octanol–water partition coefficient (Wildman–Crippen LogP) is 2.45. The maximum Gasteiger partial charge on any atom is 0.0221 e. The summed E-state index contributed by atoms with van der Waals surface area (Å²) < 4.78 is 0. The molecule has 1 aromatic rings. The Balaban J connectivity index is 1.99. The summed E-state index contributed by atoms with van der Waals surface area (Å²) in [4.78, 5) is 2.49. The summed E-state index contributed by atoms with van der Waals surface area (Å²) in [5.41, 5.74) is 5.88. The summed E-state index contributed by atoms with van der Waals surface area (Å²) in [5.74, 6) is 0. The molecular weight excluding hydrogens is 220 g/mol. The minimum atomic E-state index is 0.694. The number of nitrogens with zero attached hydrogens (tertiary/aromatic N) is 1. The third kappa shape index (κ3) is 2.93. The van der Waals surface area contributed by atoms with Gasteiger partial charge in [0.1, 0.15) is 0 Å². The van der Waals surface area contributed by atoms with Crippen molar-refractivity contribution < 1.29 is 0 Å². The molecular formula is C16H26N2. The van der Waals surface area contributed by atoms with Crippen LogP contribution in [0.3, 0.4) is 0 Å². The van der Waals surface area contributed by atoms with E-state index in [0.29, 0.717) is 6.04 Å². The number of aryl methyl sites for hydroxylation is 2. The standard InChI is InChI=1S/C16H26N2/c1-12-5-6-15(14(3)13(12)2)7-8-16-11-17-9-10-18(16)4/h5-6,16-17H,7-11H2,1-4H3. The topological polar surface area (TPSA) is 15.3 Å². The Kier molecular flexibility index (Phi) is 4.41. The number of hydrogen-bond acceptors (Lipinski definition) is 2. The van der Waals surface area contributed by atoms with E-state index in [-0.39, 0.29) is 0 Å². The van der Waals surface area contributed by atoms with Gasteiger partial charge in [-0.15, -0.1) is 0 Å². The SMILES string of the molecule is Cc1ccc(CCC2CNCCN2C)c(C)c1C. The molecule has 0 aliphatic carbocycles. The molecule has 18 heavy (non-hydrogen) atoms. The number of benzene rings is 1. The molecule has 1 aliphatic heterocycles. The van der Waals surface area contributed by atoms with Crippen molar-refractivity contribution in [2.24, 2.45) is 0 Å². The molecule has 1 aromatic carbocycles. The molecule has 2 heteroatoms. The van der Waals surface area contributed by atoms with Gasteiger partial charge < -0.3 is 10.2 Å². The maximum absolute atomic E-state index is 3.49. The Morgan fingerprint density at radius 1 is 1.22 bits per heavy atom. The zero-order valence-electron chi connectivity index (χ0n) is 12.2. The Morgan fingerprint density at radius 2 is 2.00 bits per heavy atom. The molecule has 1 fully saturated rings. The highest BCUT2D eigenvalue weighted by atomic mass is 15.2. The molecule has 0 aromatic heterocycles. The van der Waals surface area contributed by atoms with Crippen LogP contribution in [0.4, 0.5) is 0 Å². The van der Waals surface area contributed by atoms with Crippen LogP contribution in [0.5, 0.6) is 0 Å². The summed E-state index contributed by atoms with van der Waals surface area (Å²) in [6.07, 6.45) is 2.45. The highest BCUT2D eigenvalue weighted by Crippen LogP contribution is 2.19. The Bertz CT molecular complexity index is 412. The van der Waals surface area contributed by atoms with Crippen molar-refractivity contribution in [1.82, 2.24) is 10.2 Å². The van der Waals surface area contributed by atoms with Crippen LogP contribution in [0, 0.1) is 20.8 Å². The molecule has 1 heterocycles. The molecule has 0 radical (unpaired) electrons. The lowest BCUT2D eigenvalue weighted by molar-refractivity contribution is 0.190. The van der Waals surface area contributed by atoms with Crippen LogP contribution in [-0.4, -0.2) is 37.6 Å². The molecule has 1 aliphatic rings. The number of rotatable bonds is 3. The molecule has 1 N–H and O–H groups in total. The first kappa shape index (κ1) is 13.6. The zero-order chi connectivity index (χ0) is 13.1. The maximum atomic E-state index is 3.49. The number of piperazine rings is 1. The van der Waals surface area contributed by atoms with Gasteiger partial charge in [-0.25, -0.2) is 0 Å². The van der Waals surface area contributed by atoms with Gasteiger partial charge in [0, 0.05) is 25.7 Å². The molecule has 0 bridgehead atoms. The van der Waals surface area contributed by atoms with Crippen LogP contribution in [0.2, 0.25) is 0 Å². The van der Waals surface area contributed by atoms with E-state index >= 15 is 0 Å². The van der Waals surface area contributed by atoms with Crippen molar-refractivity contribution in [3.63, 3.8) is 0 Å². The number of likely N-dealkylation sites (N-methyl/N-ethyl adjacent to an activating group) is 1. The van der Waals surface area contributed by atoms with Crippen LogP contribution in [0.15, 0.2) is 12.1 Å². The molecule has 1 saturated heterocycles. The van der Waals surface area contributed by atoms with E-state index in [1.807, 2.05) is 0 Å². The van der Waals surface area contributed by atoms with Crippen molar-refractivity contribution in [2.45, 2.75) is 39.7 Å². The Labute approximate surface area is 111 Å². The molecule has 100 valence electrons. The van der Waals surface area contributed by atoms with Crippen LogP contribution in [-0.2, 0) is 6.42 Å². The fourth-order valence-electron chi connectivity index (χ4n) is 2.79. The van der Waals surface area contributed by atoms with Crippen LogP contribution < -0.4 is 5.32 Å². The lowest BCUT2D eigenvalue weighted by Gasteiger charge is -2.33. The second-order valence-corrected chi connectivity index (χ2v) is 5.67. The molecule has 0 spiro atoms. The van der Waals surface area contributed by atoms with E-state index in [0.717, 1.165) is 13.1 Å². The van der Waals surface area contributed by atoms with Gasteiger partial charge in [0.15, 0.2) is 0 Å². The molecule has 2 nitrogen and oxygen atoms in total. The first-order valence-corrected chi connectivity index (χ1v) is 7.06. The highest BCUT2D eigenvalue weighted by molar-refractivity contribution is 5.38. The van der Waals surface area contributed by atoms with Gasteiger partial charge in [0.2, 0.25) is 0 Å². The van der Waals surface area contributed by atoms with Crippen molar-refractivity contribution in [2.75, 3.05) is 26.7 Å². The summed E-state index contributed by atoms with van der Waals surface area (Å²) in [7, 11) is 2.25. The third-order valence-electron chi connectivity index (χ3n) is 4.56. The van der Waals surface area contributed by atoms with Gasteiger partial charge in [-0.1, -0.05) is 12.1 Å². The lowest BCUT2D eigenvalue weighted by Crippen LogP contribution is -2.49. The second kappa shape index (κ2) is 5.85. The predicted molar refractivity (Wildman–Crippen MR) is 78.3 cm³/mol. The van der Waals surface area contributed by atoms with Gasteiger partial charge in [0.25, 0.3) is 0 Å². The monoisotopic (exact) mass is 246 g/mol. The quantitative estimate of drug-likeness (QED) is 0.881. The molecule has 0 amide bonds. The van der Waals surface area contributed by atoms with Gasteiger partial charge in [-0.2, -0.15) is 0 Å². The average Bonchev–Trinajstić information content (AvgIpc) is 2.37. The molecule has 1 unspecified atom stereocenters. The van der Waals surface area contributed by atoms with Gasteiger partial charge in [-0.3, -0.25) is 0 Å². The minimum Gasteiger partial charge on any atom is -0.314 e. The fraction of sp³-hybridized carbons (Fsp3) is 0.625. The minimum absolute atomic E-state index is 0.694. The average molecular weight is 246 g/mol. The fourth-order valence-corrected chi connectivity index (χ4v) is 2.79. The van der Waals surface area contributed by atoms with E-state index < -0.39 is 0 Å². The van der Waals surface area contributed by atoms with Crippen molar-refractivity contribution in [3.05, 3.63) is 34.4 Å². The Hall–Kier alpha value is -0.860. The number of nitrogens with one attached hydrogen (secondary N) is 1. The van der Waals surface area contributed by atoms with Gasteiger partial charge >= 0.3 is 0 Å². The van der Waals surface area contributed by atoms with Gasteiger partial charge in [0.05, 0.1) is 0 Å². The summed E-state index contributed by atoms with van der Waals surface area (Å²) in [5, 5.41) is 3.49. The van der Waals surface area contributed by atoms with Crippen LogP contribution in [0.1, 0.15) is 28.7 Å². The smallest absolute Gasteiger partial charge is 0.0221 e. The van der Waals surface area contributed by atoms with Crippen LogP contribution in [0.25, 0.3) is 0 Å². The van der Waals surface area contributed by atoms with E-state index in [4.69, 9.17) is 0 Å². The second-order valence-electron chi connectivity index (χ2n) is 5.67.